The number of ether oxygens (including phenoxy) is 2. The fourth-order valence-electron chi connectivity index (χ4n) is 2.18. The van der Waals surface area contributed by atoms with E-state index in [4.69, 9.17) is 21.1 Å². The van der Waals surface area contributed by atoms with Crippen LogP contribution in [0.5, 0.6) is 0 Å². The first-order chi connectivity index (χ1) is 12.5. The van der Waals surface area contributed by atoms with Gasteiger partial charge in [0.15, 0.2) is 5.03 Å². The van der Waals surface area contributed by atoms with Crippen LogP contribution < -0.4 is 5.32 Å². The number of nitro benzene ring substituents is 1. The number of hydrogen-bond donors (Lipinski definition) is 1. The lowest BCUT2D eigenvalue weighted by Gasteiger charge is -2.16. The average molecular weight is 375 g/mol. The number of carbonyl (C=O) groups excluding carboxylic acids is 2. The molecule has 1 atom stereocenters. The first kappa shape index (κ1) is 17.4. The molecule has 0 unspecified atom stereocenters. The van der Waals surface area contributed by atoms with E-state index >= 15 is 0 Å². The van der Waals surface area contributed by atoms with Gasteiger partial charge in [-0.25, -0.2) is 9.59 Å². The molecular formula is C17H11ClN2O6. The minimum Gasteiger partial charge on any atom is -0.415 e. The van der Waals surface area contributed by atoms with E-state index in [9.17, 15) is 19.7 Å². The lowest BCUT2D eigenvalue weighted by atomic mass is 10.2. The highest BCUT2D eigenvalue weighted by Gasteiger charge is 2.36. The lowest BCUT2D eigenvalue weighted by molar-refractivity contribution is -0.384. The molecule has 8 nitrogen and oxygen atoms in total. The maximum absolute atomic E-state index is 12.1. The van der Waals surface area contributed by atoms with E-state index < -0.39 is 23.2 Å². The van der Waals surface area contributed by atoms with Gasteiger partial charge in [-0.3, -0.25) is 10.1 Å². The summed E-state index contributed by atoms with van der Waals surface area (Å²) in [5.41, 5.74) is 0.625. The molecule has 3 rings (SSSR count). The number of esters is 2. The molecule has 0 saturated heterocycles. The minimum absolute atomic E-state index is 0.0369. The molecule has 1 heterocycles. The van der Waals surface area contributed by atoms with E-state index in [0.717, 1.165) is 0 Å². The van der Waals surface area contributed by atoms with Crippen molar-refractivity contribution < 1.29 is 24.0 Å². The number of nitrogens with one attached hydrogen (secondary N) is 1. The Kier molecular flexibility index (Phi) is 4.85. The first-order valence-electron chi connectivity index (χ1n) is 7.34. The van der Waals surface area contributed by atoms with Gasteiger partial charge in [0.2, 0.25) is 0 Å². The molecule has 26 heavy (non-hydrogen) atoms. The Morgan fingerprint density at radius 3 is 2.42 bits per heavy atom. The molecule has 0 fully saturated rings. The number of rotatable bonds is 5. The van der Waals surface area contributed by atoms with Crippen LogP contribution in [0.1, 0.15) is 10.4 Å². The zero-order valence-electron chi connectivity index (χ0n) is 13.0. The fraction of sp³-hybridized carbons (Fsp3) is 0.0588. The first-order valence-corrected chi connectivity index (χ1v) is 7.71. The molecule has 1 N–H and O–H groups in total. The molecule has 0 amide bonds. The van der Waals surface area contributed by atoms with E-state index in [0.29, 0.717) is 5.69 Å². The predicted octanol–water partition coefficient (Wildman–Crippen LogP) is 3.20. The van der Waals surface area contributed by atoms with Crippen LogP contribution >= 0.6 is 11.6 Å². The molecule has 0 spiro atoms. The van der Waals surface area contributed by atoms with Crippen molar-refractivity contribution in [2.75, 3.05) is 5.32 Å². The number of nitro groups is 1. The summed E-state index contributed by atoms with van der Waals surface area (Å²) in [5, 5.41) is 13.2. The summed E-state index contributed by atoms with van der Waals surface area (Å²) >= 11 is 5.93. The van der Waals surface area contributed by atoms with Crippen LogP contribution in [0.2, 0.25) is 0 Å². The van der Waals surface area contributed by atoms with Crippen molar-refractivity contribution in [2.45, 2.75) is 6.29 Å². The summed E-state index contributed by atoms with van der Waals surface area (Å²) in [6.45, 7) is 0. The number of hydrogen-bond acceptors (Lipinski definition) is 7. The number of nitrogens with zero attached hydrogens (tertiary/aromatic N) is 1. The van der Waals surface area contributed by atoms with E-state index in [1.54, 1.807) is 30.3 Å². The van der Waals surface area contributed by atoms with Crippen LogP contribution in [-0.2, 0) is 14.3 Å². The number of cyclic esters (lactones) is 1. The van der Waals surface area contributed by atoms with Gasteiger partial charge in [-0.05, 0) is 24.3 Å². The molecule has 0 radical (unpaired) electrons. The zero-order chi connectivity index (χ0) is 18.7. The van der Waals surface area contributed by atoms with E-state index in [-0.39, 0.29) is 22.0 Å². The number of non-ortho nitro benzene ring substituents is 1. The van der Waals surface area contributed by atoms with Crippen LogP contribution in [0.15, 0.2) is 65.3 Å². The molecule has 9 heteroatoms. The van der Waals surface area contributed by atoms with Crippen molar-refractivity contribution in [3.05, 3.63) is 81.0 Å². The molecule has 0 aliphatic carbocycles. The molecule has 2 aromatic rings. The summed E-state index contributed by atoms with van der Waals surface area (Å²) in [6.07, 6.45) is -1.35. The highest BCUT2D eigenvalue weighted by atomic mass is 35.5. The summed E-state index contributed by atoms with van der Waals surface area (Å²) in [6, 6.07) is 13.6. The third kappa shape index (κ3) is 3.65. The molecule has 0 bridgehead atoms. The molecule has 1 aliphatic heterocycles. The van der Waals surface area contributed by atoms with Crippen molar-refractivity contribution in [1.29, 1.82) is 0 Å². The van der Waals surface area contributed by atoms with Gasteiger partial charge < -0.3 is 14.8 Å². The monoisotopic (exact) mass is 374 g/mol. The van der Waals surface area contributed by atoms with Crippen molar-refractivity contribution >= 4 is 34.9 Å². The molecule has 1 aliphatic rings. The van der Waals surface area contributed by atoms with Crippen molar-refractivity contribution in [3.8, 4) is 0 Å². The quantitative estimate of drug-likeness (QED) is 0.486. The average Bonchev–Trinajstić information content (AvgIpc) is 2.90. The number of anilines is 1. The summed E-state index contributed by atoms with van der Waals surface area (Å²) in [7, 11) is 0. The second-order valence-electron chi connectivity index (χ2n) is 5.17. The minimum atomic E-state index is -1.35. The Balaban J connectivity index is 1.78. The van der Waals surface area contributed by atoms with E-state index in [1.807, 2.05) is 0 Å². The van der Waals surface area contributed by atoms with Crippen LogP contribution in [0.25, 0.3) is 0 Å². The Morgan fingerprint density at radius 2 is 1.81 bits per heavy atom. The maximum atomic E-state index is 12.1. The van der Waals surface area contributed by atoms with Crippen LogP contribution in [-0.4, -0.2) is 23.2 Å². The van der Waals surface area contributed by atoms with Crippen molar-refractivity contribution in [1.82, 2.24) is 0 Å². The van der Waals surface area contributed by atoms with Gasteiger partial charge in [-0.1, -0.05) is 29.8 Å². The maximum Gasteiger partial charge on any atom is 0.355 e. The summed E-state index contributed by atoms with van der Waals surface area (Å²) in [4.78, 5) is 34.0. The van der Waals surface area contributed by atoms with Crippen molar-refractivity contribution in [2.24, 2.45) is 0 Å². The van der Waals surface area contributed by atoms with Crippen LogP contribution in [0.4, 0.5) is 11.4 Å². The molecule has 132 valence electrons. The van der Waals surface area contributed by atoms with Gasteiger partial charge in [-0.15, -0.1) is 0 Å². The summed E-state index contributed by atoms with van der Waals surface area (Å²) in [5.74, 6) is -1.54. The molecule has 0 saturated carbocycles. The SMILES string of the molecule is O=C1O[C@@H](OC(=O)c2ccccc2)C(Nc2ccc([N+](=O)[O-])cc2)=C1Cl. The Morgan fingerprint density at radius 1 is 1.15 bits per heavy atom. The van der Waals surface area contributed by atoms with E-state index in [1.165, 1.54) is 24.3 Å². The summed E-state index contributed by atoms with van der Waals surface area (Å²) < 4.78 is 10.1. The third-order valence-corrected chi connectivity index (χ3v) is 3.80. The van der Waals surface area contributed by atoms with Gasteiger partial charge in [0.05, 0.1) is 10.5 Å². The van der Waals surface area contributed by atoms with Gasteiger partial charge in [-0.2, -0.15) is 0 Å². The Hall–Kier alpha value is -3.39. The molecule has 2 aromatic carbocycles. The standard InChI is InChI=1S/C17H11ClN2O6/c18-13-14(19-11-6-8-12(9-7-11)20(23)24)17(26-16(13)22)25-15(21)10-4-2-1-3-5-10/h1-9,17,19H/t17-/m1/s1. The second-order valence-corrected chi connectivity index (χ2v) is 5.54. The largest absolute Gasteiger partial charge is 0.415 e. The normalized spacial score (nSPS) is 16.2. The van der Waals surface area contributed by atoms with Gasteiger partial charge in [0, 0.05) is 17.8 Å². The van der Waals surface area contributed by atoms with Gasteiger partial charge >= 0.3 is 11.9 Å². The van der Waals surface area contributed by atoms with Gasteiger partial charge in [0.25, 0.3) is 12.0 Å². The molecule has 0 aromatic heterocycles. The number of halogens is 1. The van der Waals surface area contributed by atoms with Crippen molar-refractivity contribution in [3.63, 3.8) is 0 Å². The highest BCUT2D eigenvalue weighted by molar-refractivity contribution is 6.42. The zero-order valence-corrected chi connectivity index (χ0v) is 13.8. The predicted molar refractivity (Wildman–Crippen MR) is 91.3 cm³/mol. The van der Waals surface area contributed by atoms with E-state index in [2.05, 4.69) is 5.32 Å². The molecular weight excluding hydrogens is 364 g/mol. The Labute approximate surface area is 152 Å². The van der Waals surface area contributed by atoms with Crippen LogP contribution in [0, 0.1) is 10.1 Å². The third-order valence-electron chi connectivity index (χ3n) is 3.45. The Bertz CT molecular complexity index is 895. The topological polar surface area (TPSA) is 108 Å². The smallest absolute Gasteiger partial charge is 0.355 e. The second kappa shape index (κ2) is 7.24. The fourth-order valence-corrected chi connectivity index (χ4v) is 2.36. The highest BCUT2D eigenvalue weighted by Crippen LogP contribution is 2.29. The number of carbonyl (C=O) groups is 2. The number of benzene rings is 2. The van der Waals surface area contributed by atoms with Crippen LogP contribution in [0.3, 0.4) is 0 Å². The lowest BCUT2D eigenvalue weighted by Crippen LogP contribution is -2.24. The van der Waals surface area contributed by atoms with Gasteiger partial charge in [0.1, 0.15) is 5.70 Å².